The minimum Gasteiger partial charge on any atom is -0.465 e. The Morgan fingerprint density at radius 3 is 2.61 bits per heavy atom. The maximum Gasteiger partial charge on any atom is 0.405 e. The van der Waals surface area contributed by atoms with Crippen molar-refractivity contribution in [1.29, 1.82) is 0 Å². The number of ether oxygens (including phenoxy) is 1. The van der Waals surface area contributed by atoms with Crippen molar-refractivity contribution in [2.24, 2.45) is 0 Å². The summed E-state index contributed by atoms with van der Waals surface area (Å²) in [5, 5.41) is 16.5. The number of carbonyl (C=O) groups is 4. The lowest BCUT2D eigenvalue weighted by Gasteiger charge is -2.38. The van der Waals surface area contributed by atoms with Gasteiger partial charge in [-0.2, -0.15) is 0 Å². The largest absolute Gasteiger partial charge is 0.465 e. The maximum absolute atomic E-state index is 12.2. The molecule has 2 atom stereocenters. The predicted octanol–water partition coefficient (Wildman–Crippen LogP) is -0.327. The lowest BCUT2D eigenvalue weighted by molar-refractivity contribution is -0.138. The molecule has 2 heterocycles. The number of piperidine rings is 1. The summed E-state index contributed by atoms with van der Waals surface area (Å²) in [6.07, 6.45) is 0.271. The van der Waals surface area contributed by atoms with E-state index in [2.05, 4.69) is 20.9 Å². The minimum absolute atomic E-state index is 0.0415. The molecule has 0 bridgehead atoms. The number of methoxy groups -OCH3 is 1. The van der Waals surface area contributed by atoms with Crippen LogP contribution in [-0.4, -0.2) is 77.7 Å². The van der Waals surface area contributed by atoms with Crippen LogP contribution in [0.3, 0.4) is 0 Å². The SMILES string of the molecule is COCC(=O)N1CC[C@H](NC(=O)C(=O)Nc2ccc(Cl)cn2)[C@H](NC(=O)O)C1. The third-order valence-corrected chi connectivity index (χ3v) is 4.26. The Bertz CT molecular complexity index is 744. The number of hydrogen-bond donors (Lipinski definition) is 4. The third kappa shape index (κ3) is 6.06. The number of nitrogens with one attached hydrogen (secondary N) is 3. The Labute approximate surface area is 165 Å². The fraction of sp³-hybridized carbons (Fsp3) is 0.438. The number of hydrogen-bond acceptors (Lipinski definition) is 6. The number of pyridine rings is 1. The summed E-state index contributed by atoms with van der Waals surface area (Å²) in [6.45, 7) is 0.193. The van der Waals surface area contributed by atoms with Gasteiger partial charge in [0.15, 0.2) is 0 Å². The number of carbonyl (C=O) groups excluding carboxylic acids is 3. The highest BCUT2D eigenvalue weighted by molar-refractivity contribution is 6.39. The molecule has 0 aromatic carbocycles. The highest BCUT2D eigenvalue weighted by atomic mass is 35.5. The summed E-state index contributed by atoms with van der Waals surface area (Å²) in [7, 11) is 1.38. The zero-order valence-electron chi connectivity index (χ0n) is 15.0. The van der Waals surface area contributed by atoms with E-state index >= 15 is 0 Å². The molecule has 28 heavy (non-hydrogen) atoms. The summed E-state index contributed by atoms with van der Waals surface area (Å²) < 4.78 is 4.80. The molecule has 1 aliphatic heterocycles. The van der Waals surface area contributed by atoms with Crippen LogP contribution in [0.15, 0.2) is 18.3 Å². The molecule has 4 amide bonds. The second-order valence-electron chi connectivity index (χ2n) is 6.01. The van der Waals surface area contributed by atoms with Crippen LogP contribution in [0.2, 0.25) is 5.02 Å². The van der Waals surface area contributed by atoms with Gasteiger partial charge in [0.05, 0.1) is 17.1 Å². The molecule has 152 valence electrons. The molecule has 0 saturated carbocycles. The molecule has 11 nitrogen and oxygen atoms in total. The maximum atomic E-state index is 12.2. The van der Waals surface area contributed by atoms with E-state index in [9.17, 15) is 19.2 Å². The molecule has 0 radical (unpaired) electrons. The summed E-state index contributed by atoms with van der Waals surface area (Å²) >= 11 is 5.71. The number of halogens is 1. The van der Waals surface area contributed by atoms with Crippen molar-refractivity contribution in [3.8, 4) is 0 Å². The predicted molar refractivity (Wildman–Crippen MR) is 97.8 cm³/mol. The monoisotopic (exact) mass is 413 g/mol. The average Bonchev–Trinajstić information content (AvgIpc) is 2.64. The van der Waals surface area contributed by atoms with Gasteiger partial charge in [-0.3, -0.25) is 14.4 Å². The van der Waals surface area contributed by atoms with Crippen molar-refractivity contribution in [2.75, 3.05) is 32.1 Å². The Kier molecular flexibility index (Phi) is 7.52. The van der Waals surface area contributed by atoms with Crippen molar-refractivity contribution < 1.29 is 29.0 Å². The molecular weight excluding hydrogens is 394 g/mol. The molecule has 1 aromatic heterocycles. The second kappa shape index (κ2) is 9.85. The summed E-state index contributed by atoms with van der Waals surface area (Å²) in [5.74, 6) is -2.06. The lowest BCUT2D eigenvalue weighted by Crippen LogP contribution is -2.62. The third-order valence-electron chi connectivity index (χ3n) is 4.03. The average molecular weight is 414 g/mol. The summed E-state index contributed by atoms with van der Waals surface area (Å²) in [6, 6.07) is 1.49. The van der Waals surface area contributed by atoms with Crippen LogP contribution in [0, 0.1) is 0 Å². The highest BCUT2D eigenvalue weighted by Gasteiger charge is 2.34. The highest BCUT2D eigenvalue weighted by Crippen LogP contribution is 2.13. The van der Waals surface area contributed by atoms with Gasteiger partial charge in [-0.1, -0.05) is 11.6 Å². The number of likely N-dealkylation sites (tertiary alicyclic amines) is 1. The van der Waals surface area contributed by atoms with Crippen LogP contribution >= 0.6 is 11.6 Å². The van der Waals surface area contributed by atoms with Crippen molar-refractivity contribution >= 4 is 41.2 Å². The van der Waals surface area contributed by atoms with E-state index in [1.54, 1.807) is 0 Å². The van der Waals surface area contributed by atoms with Crippen molar-refractivity contribution in [2.45, 2.75) is 18.5 Å². The molecule has 4 N–H and O–H groups in total. The van der Waals surface area contributed by atoms with Gasteiger partial charge < -0.3 is 30.7 Å². The molecule has 1 fully saturated rings. The lowest BCUT2D eigenvalue weighted by atomic mass is 9.99. The molecule has 1 aliphatic rings. The Balaban J connectivity index is 1.98. The Hall–Kier alpha value is -2.92. The molecule has 12 heteroatoms. The first-order valence-electron chi connectivity index (χ1n) is 8.29. The van der Waals surface area contributed by atoms with Crippen molar-refractivity contribution in [3.63, 3.8) is 0 Å². The van der Waals surface area contributed by atoms with Gasteiger partial charge in [0.25, 0.3) is 0 Å². The molecule has 2 rings (SSSR count). The fourth-order valence-electron chi connectivity index (χ4n) is 2.73. The topological polar surface area (TPSA) is 150 Å². The van der Waals surface area contributed by atoms with Crippen LogP contribution in [0.4, 0.5) is 10.6 Å². The summed E-state index contributed by atoms with van der Waals surface area (Å²) in [5.41, 5.74) is 0. The van der Waals surface area contributed by atoms with Crippen LogP contribution in [0.25, 0.3) is 0 Å². The van der Waals surface area contributed by atoms with E-state index in [-0.39, 0.29) is 37.8 Å². The Morgan fingerprint density at radius 1 is 1.25 bits per heavy atom. The van der Waals surface area contributed by atoms with Crippen LogP contribution in [0.5, 0.6) is 0 Å². The quantitative estimate of drug-likeness (QED) is 0.483. The van der Waals surface area contributed by atoms with E-state index in [4.69, 9.17) is 21.4 Å². The zero-order chi connectivity index (χ0) is 20.7. The molecular formula is C16H20ClN5O6. The van der Waals surface area contributed by atoms with Crippen molar-refractivity contribution in [3.05, 3.63) is 23.4 Å². The van der Waals surface area contributed by atoms with Gasteiger partial charge in [-0.15, -0.1) is 0 Å². The molecule has 0 unspecified atom stereocenters. The van der Waals surface area contributed by atoms with E-state index < -0.39 is 30.0 Å². The molecule has 0 aliphatic carbocycles. The normalized spacial score (nSPS) is 18.9. The minimum atomic E-state index is -1.31. The second-order valence-corrected chi connectivity index (χ2v) is 6.45. The Morgan fingerprint density at radius 2 is 2.00 bits per heavy atom. The number of amides is 4. The number of carboxylic acid groups (broad SMARTS) is 1. The van der Waals surface area contributed by atoms with Crippen molar-refractivity contribution in [1.82, 2.24) is 20.5 Å². The molecule has 0 spiro atoms. The van der Waals surface area contributed by atoms with Gasteiger partial charge in [-0.25, -0.2) is 9.78 Å². The standard InChI is InChI=1S/C16H20ClN5O6/c1-28-8-13(23)22-5-4-10(11(7-22)20-16(26)27)19-14(24)15(25)21-12-3-2-9(17)6-18-12/h2-3,6,10-11,20H,4-5,7-8H2,1H3,(H,19,24)(H,26,27)(H,18,21,25)/t10-,11+/m0/s1. The number of nitrogens with zero attached hydrogens (tertiary/aromatic N) is 2. The van der Waals surface area contributed by atoms with Gasteiger partial charge >= 0.3 is 17.9 Å². The number of aromatic nitrogens is 1. The first-order valence-corrected chi connectivity index (χ1v) is 8.67. The van der Waals surface area contributed by atoms with Gasteiger partial charge in [0, 0.05) is 26.4 Å². The van der Waals surface area contributed by atoms with Crippen LogP contribution in [-0.2, 0) is 19.1 Å². The van der Waals surface area contributed by atoms with Gasteiger partial charge in [-0.05, 0) is 18.6 Å². The van der Waals surface area contributed by atoms with Crippen LogP contribution in [0.1, 0.15) is 6.42 Å². The first kappa shape index (κ1) is 21.4. The van der Waals surface area contributed by atoms with Crippen LogP contribution < -0.4 is 16.0 Å². The molecule has 1 saturated heterocycles. The smallest absolute Gasteiger partial charge is 0.405 e. The van der Waals surface area contributed by atoms with E-state index in [0.717, 1.165) is 0 Å². The van der Waals surface area contributed by atoms with Gasteiger partial charge in [0.2, 0.25) is 5.91 Å². The number of anilines is 1. The molecule has 1 aromatic rings. The van der Waals surface area contributed by atoms with E-state index in [1.807, 2.05) is 0 Å². The van der Waals surface area contributed by atoms with Gasteiger partial charge in [0.1, 0.15) is 12.4 Å². The number of rotatable bonds is 5. The first-order chi connectivity index (χ1) is 13.3. The summed E-state index contributed by atoms with van der Waals surface area (Å²) in [4.78, 5) is 52.5. The van der Waals surface area contributed by atoms with E-state index in [1.165, 1.54) is 30.3 Å². The zero-order valence-corrected chi connectivity index (χ0v) is 15.7. The van der Waals surface area contributed by atoms with E-state index in [0.29, 0.717) is 5.02 Å². The fourth-order valence-corrected chi connectivity index (χ4v) is 2.84.